The summed E-state index contributed by atoms with van der Waals surface area (Å²) in [6, 6.07) is 12.1. The van der Waals surface area contributed by atoms with Gasteiger partial charge in [0.15, 0.2) is 0 Å². The van der Waals surface area contributed by atoms with Crippen LogP contribution in [0.2, 0.25) is 0 Å². The Balaban J connectivity index is 2.01. The smallest absolute Gasteiger partial charge is 0.368 e. The number of nitrogens with two attached hydrogens (primary N) is 1. The van der Waals surface area contributed by atoms with Crippen molar-refractivity contribution in [1.82, 2.24) is 5.32 Å². The van der Waals surface area contributed by atoms with Crippen LogP contribution in [-0.4, -0.2) is 17.9 Å². The van der Waals surface area contributed by atoms with E-state index in [0.29, 0.717) is 0 Å². The van der Waals surface area contributed by atoms with Gasteiger partial charge in [0.05, 0.1) is 5.56 Å². The molecule has 2 aromatic carbocycles. The fourth-order valence-electron chi connectivity index (χ4n) is 2.20. The predicted octanol–water partition coefficient (Wildman–Crippen LogP) is 3.39. The zero-order valence-corrected chi connectivity index (χ0v) is 13.7. The van der Waals surface area contributed by atoms with Crippen molar-refractivity contribution >= 4 is 17.9 Å². The number of alkyl halides is 3. The molecule has 2 aromatic rings. The second kappa shape index (κ2) is 8.33. The molecule has 2 amide bonds. The van der Waals surface area contributed by atoms with Gasteiger partial charge in [-0.05, 0) is 36.2 Å². The molecule has 0 spiro atoms. The van der Waals surface area contributed by atoms with Crippen molar-refractivity contribution in [3.05, 3.63) is 77.4 Å². The predicted molar refractivity (Wildman–Crippen MR) is 92.0 cm³/mol. The number of halogens is 3. The van der Waals surface area contributed by atoms with E-state index in [4.69, 9.17) is 5.73 Å². The summed E-state index contributed by atoms with van der Waals surface area (Å²) >= 11 is 0. The van der Waals surface area contributed by atoms with Crippen molar-refractivity contribution in [3.63, 3.8) is 0 Å². The lowest BCUT2D eigenvalue weighted by atomic mass is 10.1. The van der Waals surface area contributed by atoms with Crippen LogP contribution in [0, 0.1) is 0 Å². The highest BCUT2D eigenvalue weighted by atomic mass is 19.4. The minimum atomic E-state index is -4.48. The van der Waals surface area contributed by atoms with Crippen molar-refractivity contribution in [3.8, 4) is 0 Å². The average Bonchev–Trinajstić information content (AvgIpc) is 2.61. The molecule has 0 aliphatic carbocycles. The molecule has 0 radical (unpaired) electrons. The van der Waals surface area contributed by atoms with E-state index < -0.39 is 29.6 Å². The van der Waals surface area contributed by atoms with Crippen LogP contribution >= 0.6 is 0 Å². The number of carbonyl (C=O) groups is 2. The van der Waals surface area contributed by atoms with Crippen LogP contribution in [0.1, 0.15) is 27.9 Å². The van der Waals surface area contributed by atoms with Crippen molar-refractivity contribution in [2.45, 2.75) is 18.6 Å². The first kappa shape index (κ1) is 19.2. The summed E-state index contributed by atoms with van der Waals surface area (Å²) in [5, 5.41) is 2.43. The van der Waals surface area contributed by atoms with Crippen LogP contribution in [-0.2, 0) is 11.0 Å². The highest BCUT2D eigenvalue weighted by Gasteiger charge is 2.30. The van der Waals surface area contributed by atoms with E-state index in [1.165, 1.54) is 0 Å². The van der Waals surface area contributed by atoms with Crippen LogP contribution in [0.15, 0.2) is 60.7 Å². The molecule has 0 aliphatic heterocycles. The van der Waals surface area contributed by atoms with Crippen LogP contribution in [0.25, 0.3) is 6.08 Å². The summed E-state index contributed by atoms with van der Waals surface area (Å²) < 4.78 is 37.6. The first-order valence-electron chi connectivity index (χ1n) is 7.76. The lowest BCUT2D eigenvalue weighted by Gasteiger charge is -2.14. The van der Waals surface area contributed by atoms with Gasteiger partial charge in [0.2, 0.25) is 5.91 Å². The van der Waals surface area contributed by atoms with Crippen LogP contribution in [0.4, 0.5) is 13.2 Å². The molecule has 0 unspecified atom stereocenters. The minimum Gasteiger partial charge on any atom is -0.368 e. The first-order valence-corrected chi connectivity index (χ1v) is 7.76. The monoisotopic (exact) mass is 362 g/mol. The Bertz CT molecular complexity index is 785. The average molecular weight is 362 g/mol. The maximum atomic E-state index is 12.5. The molecular weight excluding hydrogens is 345 g/mol. The molecule has 0 saturated heterocycles. The molecule has 0 fully saturated rings. The fourth-order valence-corrected chi connectivity index (χ4v) is 2.20. The topological polar surface area (TPSA) is 72.2 Å². The summed E-state index contributed by atoms with van der Waals surface area (Å²) in [4.78, 5) is 23.6. The Morgan fingerprint density at radius 2 is 1.65 bits per heavy atom. The van der Waals surface area contributed by atoms with E-state index in [-0.39, 0.29) is 12.0 Å². The maximum Gasteiger partial charge on any atom is 0.416 e. The quantitative estimate of drug-likeness (QED) is 0.827. The highest BCUT2D eigenvalue weighted by Crippen LogP contribution is 2.29. The summed E-state index contributed by atoms with van der Waals surface area (Å²) in [5.74, 6) is -1.40. The lowest BCUT2D eigenvalue weighted by Crippen LogP contribution is -2.44. The number of hydrogen-bond acceptors (Lipinski definition) is 2. The van der Waals surface area contributed by atoms with Crippen molar-refractivity contribution in [2.75, 3.05) is 0 Å². The molecule has 0 aliphatic rings. The maximum absolute atomic E-state index is 12.5. The Kier molecular flexibility index (Phi) is 6.16. The molecule has 0 bridgehead atoms. The van der Waals surface area contributed by atoms with Gasteiger partial charge in [0, 0.05) is 5.56 Å². The van der Waals surface area contributed by atoms with Gasteiger partial charge < -0.3 is 11.1 Å². The number of nitrogens with one attached hydrogen (secondary N) is 1. The van der Waals surface area contributed by atoms with Crippen LogP contribution < -0.4 is 11.1 Å². The Morgan fingerprint density at radius 3 is 2.19 bits per heavy atom. The number of rotatable bonds is 6. The van der Waals surface area contributed by atoms with Gasteiger partial charge in [-0.3, -0.25) is 9.59 Å². The second-order valence-corrected chi connectivity index (χ2v) is 5.55. The molecule has 4 nitrogen and oxygen atoms in total. The minimum absolute atomic E-state index is 0.0105. The molecule has 0 heterocycles. The van der Waals surface area contributed by atoms with E-state index in [9.17, 15) is 22.8 Å². The molecule has 2 rings (SSSR count). The summed E-state index contributed by atoms with van der Waals surface area (Å²) in [6.45, 7) is 0. The van der Waals surface area contributed by atoms with Crippen LogP contribution in [0.3, 0.4) is 0 Å². The molecule has 7 heteroatoms. The van der Waals surface area contributed by atoms with E-state index in [1.54, 1.807) is 12.2 Å². The van der Waals surface area contributed by atoms with Gasteiger partial charge in [0.1, 0.15) is 6.04 Å². The van der Waals surface area contributed by atoms with Gasteiger partial charge in [-0.2, -0.15) is 13.2 Å². The second-order valence-electron chi connectivity index (χ2n) is 5.55. The standard InChI is InChI=1S/C19H17F3N2O2/c20-19(21,22)15-11-9-14(10-12-15)18(26)24-16(17(23)25)8-4-7-13-5-2-1-3-6-13/h1-7,9-12,16H,8H2,(H2,23,25)(H,24,26)/b7-4+/t16-/m1/s1. The zero-order valence-electron chi connectivity index (χ0n) is 13.7. The van der Waals surface area contributed by atoms with Gasteiger partial charge in [0.25, 0.3) is 5.91 Å². The van der Waals surface area contributed by atoms with Gasteiger partial charge in [-0.15, -0.1) is 0 Å². The van der Waals surface area contributed by atoms with Crippen molar-refractivity contribution < 1.29 is 22.8 Å². The normalized spacial score (nSPS) is 12.7. The third-order valence-corrected chi connectivity index (χ3v) is 3.60. The van der Waals surface area contributed by atoms with Gasteiger partial charge >= 0.3 is 6.18 Å². The Hall–Kier alpha value is -3.09. The van der Waals surface area contributed by atoms with E-state index >= 15 is 0 Å². The Morgan fingerprint density at radius 1 is 1.04 bits per heavy atom. The number of benzene rings is 2. The Labute approximate surface area is 148 Å². The van der Waals surface area contributed by atoms with Crippen molar-refractivity contribution in [1.29, 1.82) is 0 Å². The summed E-state index contributed by atoms with van der Waals surface area (Å²) in [6.07, 6.45) is -0.846. The molecule has 1 atom stereocenters. The zero-order chi connectivity index (χ0) is 19.2. The molecular formula is C19H17F3N2O2. The molecule has 0 aromatic heterocycles. The van der Waals surface area contributed by atoms with E-state index in [2.05, 4.69) is 5.32 Å². The molecule has 3 N–H and O–H groups in total. The largest absolute Gasteiger partial charge is 0.416 e. The van der Waals surface area contributed by atoms with Gasteiger partial charge in [-0.25, -0.2) is 0 Å². The summed E-state index contributed by atoms with van der Waals surface area (Å²) in [5.41, 5.74) is 5.36. The number of amides is 2. The third kappa shape index (κ3) is 5.47. The molecule has 0 saturated carbocycles. The number of carbonyl (C=O) groups excluding carboxylic acids is 2. The van der Waals surface area contributed by atoms with E-state index in [0.717, 1.165) is 29.8 Å². The fraction of sp³-hybridized carbons (Fsp3) is 0.158. The molecule has 136 valence electrons. The lowest BCUT2D eigenvalue weighted by molar-refractivity contribution is -0.137. The van der Waals surface area contributed by atoms with E-state index in [1.807, 2.05) is 30.3 Å². The summed E-state index contributed by atoms with van der Waals surface area (Å²) in [7, 11) is 0. The van der Waals surface area contributed by atoms with Crippen LogP contribution in [0.5, 0.6) is 0 Å². The van der Waals surface area contributed by atoms with Crippen molar-refractivity contribution in [2.24, 2.45) is 5.73 Å². The first-order chi connectivity index (χ1) is 12.3. The number of hydrogen-bond donors (Lipinski definition) is 2. The SMILES string of the molecule is NC(=O)[C@@H](C/C=C/c1ccccc1)NC(=O)c1ccc(C(F)(F)F)cc1. The highest BCUT2D eigenvalue weighted by molar-refractivity contribution is 5.97. The third-order valence-electron chi connectivity index (χ3n) is 3.60. The van der Waals surface area contributed by atoms with Gasteiger partial charge in [-0.1, -0.05) is 42.5 Å². The molecule has 26 heavy (non-hydrogen) atoms. The number of primary amides is 1.